The molecule has 116 valence electrons. The number of sulfonamides is 1. The highest BCUT2D eigenvalue weighted by Crippen LogP contribution is 2.17. The lowest BCUT2D eigenvalue weighted by Gasteiger charge is -2.07. The van der Waals surface area contributed by atoms with Crippen LogP contribution in [0.1, 0.15) is 21.5 Å². The van der Waals surface area contributed by atoms with E-state index < -0.39 is 10.0 Å². The Morgan fingerprint density at radius 3 is 2.36 bits per heavy atom. The third-order valence-electron chi connectivity index (χ3n) is 3.14. The smallest absolute Gasteiger partial charge is 0.251 e. The van der Waals surface area contributed by atoms with Crippen molar-refractivity contribution in [3.8, 4) is 0 Å². The van der Waals surface area contributed by atoms with Gasteiger partial charge in [0.05, 0.1) is 4.90 Å². The molecule has 0 atom stereocenters. The van der Waals surface area contributed by atoms with Crippen LogP contribution in [-0.4, -0.2) is 14.3 Å². The van der Waals surface area contributed by atoms with Crippen molar-refractivity contribution in [1.29, 1.82) is 0 Å². The maximum absolute atomic E-state index is 12.1. The first-order valence-corrected chi connectivity index (χ1v) is 8.77. The minimum atomic E-state index is -3.70. The van der Waals surface area contributed by atoms with Crippen LogP contribution in [0.2, 0.25) is 0 Å². The molecule has 0 aliphatic carbocycles. The first kappa shape index (κ1) is 16.7. The van der Waals surface area contributed by atoms with Crippen molar-refractivity contribution in [2.75, 3.05) is 0 Å². The molecule has 0 spiro atoms. The molecule has 2 aromatic carbocycles. The highest BCUT2D eigenvalue weighted by molar-refractivity contribution is 9.10. The van der Waals surface area contributed by atoms with Gasteiger partial charge in [0.1, 0.15) is 0 Å². The minimum Gasteiger partial charge on any atom is -0.348 e. The molecular formula is C15H15BrN2O3S. The van der Waals surface area contributed by atoms with Gasteiger partial charge in [-0.25, -0.2) is 13.6 Å². The summed E-state index contributed by atoms with van der Waals surface area (Å²) in [7, 11) is -3.70. The third kappa shape index (κ3) is 4.16. The molecule has 3 N–H and O–H groups in total. The standard InChI is InChI=1S/C15H15BrN2O3S/c1-10-2-5-12(8-14(10)16)15(19)18-9-11-3-6-13(7-4-11)22(17,20)21/h2-8H,9H2,1H3,(H,18,19)(H2,17,20,21). The van der Waals surface area contributed by atoms with Crippen molar-refractivity contribution in [2.45, 2.75) is 18.4 Å². The van der Waals surface area contributed by atoms with Gasteiger partial charge in [-0.15, -0.1) is 0 Å². The summed E-state index contributed by atoms with van der Waals surface area (Å²) in [6.07, 6.45) is 0. The molecule has 1 amide bonds. The predicted molar refractivity (Wildman–Crippen MR) is 87.9 cm³/mol. The second-order valence-corrected chi connectivity index (χ2v) is 7.25. The van der Waals surface area contributed by atoms with Crippen molar-refractivity contribution < 1.29 is 13.2 Å². The van der Waals surface area contributed by atoms with Crippen LogP contribution < -0.4 is 10.5 Å². The summed E-state index contributed by atoms with van der Waals surface area (Å²) in [5.74, 6) is -0.198. The van der Waals surface area contributed by atoms with E-state index in [9.17, 15) is 13.2 Å². The van der Waals surface area contributed by atoms with Crippen LogP contribution >= 0.6 is 15.9 Å². The summed E-state index contributed by atoms with van der Waals surface area (Å²) in [6.45, 7) is 2.24. The fourth-order valence-corrected chi connectivity index (χ4v) is 2.71. The van der Waals surface area contributed by atoms with E-state index in [-0.39, 0.29) is 10.8 Å². The van der Waals surface area contributed by atoms with E-state index in [2.05, 4.69) is 21.2 Å². The number of halogens is 1. The summed E-state index contributed by atoms with van der Waals surface area (Å²) >= 11 is 3.39. The average molecular weight is 383 g/mol. The fourth-order valence-electron chi connectivity index (χ4n) is 1.82. The van der Waals surface area contributed by atoms with Crippen LogP contribution in [-0.2, 0) is 16.6 Å². The lowest BCUT2D eigenvalue weighted by atomic mass is 10.1. The van der Waals surface area contributed by atoms with E-state index in [1.807, 2.05) is 13.0 Å². The van der Waals surface area contributed by atoms with Crippen molar-refractivity contribution >= 4 is 31.9 Å². The quantitative estimate of drug-likeness (QED) is 0.849. The zero-order chi connectivity index (χ0) is 16.3. The Morgan fingerprint density at radius 1 is 1.18 bits per heavy atom. The number of hydrogen-bond donors (Lipinski definition) is 2. The van der Waals surface area contributed by atoms with Crippen LogP contribution in [0.3, 0.4) is 0 Å². The molecular weight excluding hydrogens is 368 g/mol. The zero-order valence-electron chi connectivity index (χ0n) is 11.8. The number of primary sulfonamides is 1. The molecule has 0 saturated heterocycles. The van der Waals surface area contributed by atoms with E-state index >= 15 is 0 Å². The van der Waals surface area contributed by atoms with Crippen LogP contribution in [0.4, 0.5) is 0 Å². The normalized spacial score (nSPS) is 11.2. The molecule has 0 radical (unpaired) electrons. The Balaban J connectivity index is 2.03. The summed E-state index contributed by atoms with van der Waals surface area (Å²) in [6, 6.07) is 11.4. The molecule has 22 heavy (non-hydrogen) atoms. The van der Waals surface area contributed by atoms with Gasteiger partial charge in [-0.3, -0.25) is 4.79 Å². The summed E-state index contributed by atoms with van der Waals surface area (Å²) < 4.78 is 23.2. The molecule has 0 aromatic heterocycles. The Labute approximate surface area is 137 Å². The Morgan fingerprint density at radius 2 is 1.82 bits per heavy atom. The average Bonchev–Trinajstić information content (AvgIpc) is 2.47. The number of carbonyl (C=O) groups excluding carboxylic acids is 1. The van der Waals surface area contributed by atoms with Crippen molar-refractivity contribution in [1.82, 2.24) is 5.32 Å². The second-order valence-electron chi connectivity index (χ2n) is 4.84. The van der Waals surface area contributed by atoms with Gasteiger partial charge < -0.3 is 5.32 Å². The number of rotatable bonds is 4. The van der Waals surface area contributed by atoms with Gasteiger partial charge in [0.25, 0.3) is 5.91 Å². The van der Waals surface area contributed by atoms with E-state index in [0.717, 1.165) is 15.6 Å². The van der Waals surface area contributed by atoms with Gasteiger partial charge in [0.15, 0.2) is 0 Å². The Kier molecular flexibility index (Phi) is 5.00. The lowest BCUT2D eigenvalue weighted by Crippen LogP contribution is -2.22. The van der Waals surface area contributed by atoms with Crippen LogP contribution in [0, 0.1) is 6.92 Å². The monoisotopic (exact) mass is 382 g/mol. The van der Waals surface area contributed by atoms with Gasteiger partial charge in [0, 0.05) is 16.6 Å². The molecule has 0 heterocycles. The number of carbonyl (C=O) groups is 1. The van der Waals surface area contributed by atoms with Crippen LogP contribution in [0.15, 0.2) is 51.8 Å². The van der Waals surface area contributed by atoms with Crippen molar-refractivity contribution in [2.24, 2.45) is 5.14 Å². The molecule has 2 rings (SSSR count). The number of nitrogens with one attached hydrogen (secondary N) is 1. The molecule has 0 aliphatic heterocycles. The molecule has 0 unspecified atom stereocenters. The number of nitrogens with two attached hydrogens (primary N) is 1. The van der Waals surface area contributed by atoms with E-state index in [1.54, 1.807) is 24.3 Å². The first-order chi connectivity index (χ1) is 10.3. The van der Waals surface area contributed by atoms with E-state index in [1.165, 1.54) is 12.1 Å². The van der Waals surface area contributed by atoms with Gasteiger partial charge in [0.2, 0.25) is 10.0 Å². The van der Waals surface area contributed by atoms with E-state index in [0.29, 0.717) is 12.1 Å². The van der Waals surface area contributed by atoms with Gasteiger partial charge in [-0.1, -0.05) is 34.1 Å². The van der Waals surface area contributed by atoms with E-state index in [4.69, 9.17) is 5.14 Å². The number of amides is 1. The molecule has 0 bridgehead atoms. The van der Waals surface area contributed by atoms with Gasteiger partial charge >= 0.3 is 0 Å². The van der Waals surface area contributed by atoms with Crippen molar-refractivity contribution in [3.05, 3.63) is 63.6 Å². The summed E-state index contributed by atoms with van der Waals surface area (Å²) in [5, 5.41) is 7.81. The fraction of sp³-hybridized carbons (Fsp3) is 0.133. The summed E-state index contributed by atoms with van der Waals surface area (Å²) in [5.41, 5.74) is 2.39. The largest absolute Gasteiger partial charge is 0.348 e. The topological polar surface area (TPSA) is 89.3 Å². The molecule has 0 fully saturated rings. The number of aryl methyl sites for hydroxylation is 1. The van der Waals surface area contributed by atoms with Gasteiger partial charge in [-0.2, -0.15) is 0 Å². The maximum atomic E-state index is 12.1. The van der Waals surface area contributed by atoms with Gasteiger partial charge in [-0.05, 0) is 42.3 Å². The Bertz CT molecular complexity index is 802. The second kappa shape index (κ2) is 6.60. The molecule has 5 nitrogen and oxygen atoms in total. The highest BCUT2D eigenvalue weighted by atomic mass is 79.9. The highest BCUT2D eigenvalue weighted by Gasteiger charge is 2.09. The lowest BCUT2D eigenvalue weighted by molar-refractivity contribution is 0.0951. The van der Waals surface area contributed by atoms with Crippen molar-refractivity contribution in [3.63, 3.8) is 0 Å². The third-order valence-corrected chi connectivity index (χ3v) is 4.92. The molecule has 0 aliphatic rings. The van der Waals surface area contributed by atoms with Crippen LogP contribution in [0.25, 0.3) is 0 Å². The maximum Gasteiger partial charge on any atom is 0.251 e. The first-order valence-electron chi connectivity index (χ1n) is 6.43. The molecule has 7 heteroatoms. The predicted octanol–water partition coefficient (Wildman–Crippen LogP) is 2.33. The SMILES string of the molecule is Cc1ccc(C(=O)NCc2ccc(S(N)(=O)=O)cc2)cc1Br. The number of hydrogen-bond acceptors (Lipinski definition) is 3. The van der Waals surface area contributed by atoms with Crippen LogP contribution in [0.5, 0.6) is 0 Å². The Hall–Kier alpha value is -1.70. The molecule has 2 aromatic rings. The zero-order valence-corrected chi connectivity index (χ0v) is 14.2. The minimum absolute atomic E-state index is 0.0463. The molecule has 0 saturated carbocycles. The number of benzene rings is 2. The summed E-state index contributed by atoms with van der Waals surface area (Å²) in [4.78, 5) is 12.1.